The van der Waals surface area contributed by atoms with Crippen molar-refractivity contribution in [2.24, 2.45) is 5.73 Å². The van der Waals surface area contributed by atoms with Crippen molar-refractivity contribution in [1.29, 1.82) is 0 Å². The van der Waals surface area contributed by atoms with Gasteiger partial charge in [0.2, 0.25) is 0 Å². The first kappa shape index (κ1) is 13.7. The average Bonchev–Trinajstić information content (AvgIpc) is 2.94. The molecule has 1 aliphatic rings. The Labute approximate surface area is 114 Å². The lowest BCUT2D eigenvalue weighted by atomic mass is 10.0. The summed E-state index contributed by atoms with van der Waals surface area (Å²) < 4.78 is 5.45. The van der Waals surface area contributed by atoms with E-state index in [-0.39, 0.29) is 6.04 Å². The number of hydrogen-bond acceptors (Lipinski definition) is 4. The SMILES string of the molecule is COc1ccccc1C(CN)N(C)C1CCSC1. The Bertz CT molecular complexity index is 380. The van der Waals surface area contributed by atoms with E-state index in [2.05, 4.69) is 24.1 Å². The van der Waals surface area contributed by atoms with Crippen molar-refractivity contribution < 1.29 is 4.74 Å². The highest BCUT2D eigenvalue weighted by atomic mass is 32.2. The van der Waals surface area contributed by atoms with Crippen LogP contribution in [0.1, 0.15) is 18.0 Å². The minimum atomic E-state index is 0.241. The lowest BCUT2D eigenvalue weighted by Crippen LogP contribution is -2.38. The zero-order valence-electron chi connectivity index (χ0n) is 11.1. The number of nitrogens with two attached hydrogens (primary N) is 1. The minimum absolute atomic E-state index is 0.241. The second kappa shape index (κ2) is 6.45. The van der Waals surface area contributed by atoms with Crippen molar-refractivity contribution >= 4 is 11.8 Å². The molecule has 0 amide bonds. The molecule has 3 nitrogen and oxygen atoms in total. The molecule has 1 saturated heterocycles. The van der Waals surface area contributed by atoms with Crippen molar-refractivity contribution in [2.45, 2.75) is 18.5 Å². The fraction of sp³-hybridized carbons (Fsp3) is 0.571. The zero-order chi connectivity index (χ0) is 13.0. The maximum Gasteiger partial charge on any atom is 0.123 e. The Balaban J connectivity index is 2.21. The first-order valence-electron chi connectivity index (χ1n) is 6.40. The quantitative estimate of drug-likeness (QED) is 0.886. The van der Waals surface area contributed by atoms with Crippen LogP contribution < -0.4 is 10.5 Å². The molecule has 0 spiro atoms. The summed E-state index contributed by atoms with van der Waals surface area (Å²) in [7, 11) is 3.90. The molecule has 18 heavy (non-hydrogen) atoms. The number of rotatable bonds is 5. The zero-order valence-corrected chi connectivity index (χ0v) is 12.0. The van der Waals surface area contributed by atoms with Crippen LogP contribution >= 0.6 is 11.8 Å². The van der Waals surface area contributed by atoms with E-state index in [1.807, 2.05) is 23.9 Å². The predicted molar refractivity (Wildman–Crippen MR) is 78.3 cm³/mol. The molecule has 1 aromatic rings. The lowest BCUT2D eigenvalue weighted by molar-refractivity contribution is 0.189. The van der Waals surface area contributed by atoms with Gasteiger partial charge in [0.1, 0.15) is 5.75 Å². The molecule has 0 saturated carbocycles. The van der Waals surface area contributed by atoms with Gasteiger partial charge < -0.3 is 10.5 Å². The van der Waals surface area contributed by atoms with Gasteiger partial charge >= 0.3 is 0 Å². The highest BCUT2D eigenvalue weighted by Crippen LogP contribution is 2.32. The number of para-hydroxylation sites is 1. The fourth-order valence-electron chi connectivity index (χ4n) is 2.55. The van der Waals surface area contributed by atoms with E-state index in [4.69, 9.17) is 10.5 Å². The molecule has 2 N–H and O–H groups in total. The molecule has 0 radical (unpaired) electrons. The molecule has 2 rings (SSSR count). The molecule has 2 unspecified atom stereocenters. The van der Waals surface area contributed by atoms with Crippen LogP contribution in [0, 0.1) is 0 Å². The van der Waals surface area contributed by atoms with Gasteiger partial charge in [0.25, 0.3) is 0 Å². The predicted octanol–water partition coefficient (Wildman–Crippen LogP) is 2.13. The first-order chi connectivity index (χ1) is 8.77. The van der Waals surface area contributed by atoms with Gasteiger partial charge in [-0.3, -0.25) is 4.90 Å². The van der Waals surface area contributed by atoms with Gasteiger partial charge in [-0.1, -0.05) is 18.2 Å². The van der Waals surface area contributed by atoms with Crippen LogP contribution in [0.3, 0.4) is 0 Å². The largest absolute Gasteiger partial charge is 0.496 e. The molecule has 1 aromatic carbocycles. The number of thioether (sulfide) groups is 1. The van der Waals surface area contributed by atoms with Gasteiger partial charge in [0.05, 0.1) is 13.2 Å². The Hall–Kier alpha value is -0.710. The Morgan fingerprint density at radius 1 is 1.50 bits per heavy atom. The number of ether oxygens (including phenoxy) is 1. The van der Waals surface area contributed by atoms with Crippen molar-refractivity contribution in [3.8, 4) is 5.75 Å². The van der Waals surface area contributed by atoms with E-state index in [0.29, 0.717) is 12.6 Å². The monoisotopic (exact) mass is 266 g/mol. The lowest BCUT2D eigenvalue weighted by Gasteiger charge is -2.33. The van der Waals surface area contributed by atoms with Crippen LogP contribution in [-0.2, 0) is 0 Å². The number of hydrogen-bond donors (Lipinski definition) is 1. The summed E-state index contributed by atoms with van der Waals surface area (Å²) in [6.45, 7) is 0.623. The van der Waals surface area contributed by atoms with Crippen molar-refractivity contribution in [3.05, 3.63) is 29.8 Å². The third-order valence-electron chi connectivity index (χ3n) is 3.69. The standard InChI is InChI=1S/C14H22N2OS/c1-16(11-7-8-18-10-11)13(9-15)12-5-3-4-6-14(12)17-2/h3-6,11,13H,7-10,15H2,1-2H3. The molecule has 1 aliphatic heterocycles. The number of benzene rings is 1. The highest BCUT2D eigenvalue weighted by Gasteiger charge is 2.27. The van der Waals surface area contributed by atoms with Gasteiger partial charge in [-0.2, -0.15) is 11.8 Å². The molecule has 0 aliphatic carbocycles. The summed E-state index contributed by atoms with van der Waals surface area (Å²) in [6, 6.07) is 9.06. The van der Waals surface area contributed by atoms with Crippen molar-refractivity contribution in [1.82, 2.24) is 4.90 Å². The Morgan fingerprint density at radius 2 is 2.28 bits per heavy atom. The summed E-state index contributed by atoms with van der Waals surface area (Å²) in [5.74, 6) is 3.41. The number of nitrogens with zero attached hydrogens (tertiary/aromatic N) is 1. The Kier molecular flexibility index (Phi) is 4.92. The molecule has 0 bridgehead atoms. The van der Waals surface area contributed by atoms with E-state index in [0.717, 1.165) is 5.75 Å². The first-order valence-corrected chi connectivity index (χ1v) is 7.56. The molecule has 2 atom stereocenters. The second-order valence-corrected chi connectivity index (χ2v) is 5.83. The summed E-state index contributed by atoms with van der Waals surface area (Å²) in [5, 5.41) is 0. The number of likely N-dealkylation sites (N-methyl/N-ethyl adjacent to an activating group) is 1. The molecular formula is C14H22N2OS. The highest BCUT2D eigenvalue weighted by molar-refractivity contribution is 7.99. The van der Waals surface area contributed by atoms with E-state index in [1.54, 1.807) is 7.11 Å². The summed E-state index contributed by atoms with van der Waals surface area (Å²) in [5.41, 5.74) is 7.19. The van der Waals surface area contributed by atoms with Gasteiger partial charge in [-0.25, -0.2) is 0 Å². The molecule has 1 fully saturated rings. The smallest absolute Gasteiger partial charge is 0.123 e. The Morgan fingerprint density at radius 3 is 2.89 bits per heavy atom. The maximum absolute atomic E-state index is 5.99. The fourth-order valence-corrected chi connectivity index (χ4v) is 3.83. The van der Waals surface area contributed by atoms with Crippen LogP contribution in [0.15, 0.2) is 24.3 Å². The van der Waals surface area contributed by atoms with Crippen LogP contribution in [0.2, 0.25) is 0 Å². The van der Waals surface area contributed by atoms with Gasteiger partial charge in [-0.05, 0) is 25.3 Å². The summed E-state index contributed by atoms with van der Waals surface area (Å²) in [4.78, 5) is 2.41. The van der Waals surface area contributed by atoms with E-state index >= 15 is 0 Å². The molecule has 1 heterocycles. The van der Waals surface area contributed by atoms with E-state index < -0.39 is 0 Å². The van der Waals surface area contributed by atoms with Crippen LogP contribution in [0.5, 0.6) is 5.75 Å². The van der Waals surface area contributed by atoms with E-state index in [9.17, 15) is 0 Å². The van der Waals surface area contributed by atoms with Crippen molar-refractivity contribution in [2.75, 3.05) is 32.2 Å². The summed E-state index contributed by atoms with van der Waals surface area (Å²) >= 11 is 2.03. The molecular weight excluding hydrogens is 244 g/mol. The maximum atomic E-state index is 5.99. The molecule has 100 valence electrons. The van der Waals surface area contributed by atoms with Crippen LogP contribution in [0.4, 0.5) is 0 Å². The summed E-state index contributed by atoms with van der Waals surface area (Å²) in [6.07, 6.45) is 1.26. The van der Waals surface area contributed by atoms with E-state index in [1.165, 1.54) is 23.5 Å². The molecule has 0 aromatic heterocycles. The van der Waals surface area contributed by atoms with Gasteiger partial charge in [-0.15, -0.1) is 0 Å². The van der Waals surface area contributed by atoms with Crippen LogP contribution in [0.25, 0.3) is 0 Å². The van der Waals surface area contributed by atoms with Gasteiger partial charge in [0, 0.05) is 23.9 Å². The second-order valence-electron chi connectivity index (χ2n) is 4.68. The molecule has 4 heteroatoms. The normalized spacial score (nSPS) is 21.2. The third-order valence-corrected chi connectivity index (χ3v) is 4.84. The van der Waals surface area contributed by atoms with Gasteiger partial charge in [0.15, 0.2) is 0 Å². The third kappa shape index (κ3) is 2.82. The van der Waals surface area contributed by atoms with Crippen LogP contribution in [-0.4, -0.2) is 43.1 Å². The topological polar surface area (TPSA) is 38.5 Å². The van der Waals surface area contributed by atoms with Crippen molar-refractivity contribution in [3.63, 3.8) is 0 Å². The minimum Gasteiger partial charge on any atom is -0.496 e. The average molecular weight is 266 g/mol. The number of methoxy groups -OCH3 is 1.